The minimum atomic E-state index is 0.784. The van der Waals surface area contributed by atoms with Crippen molar-refractivity contribution in [1.82, 2.24) is 10.2 Å². The van der Waals surface area contributed by atoms with Gasteiger partial charge in [0, 0.05) is 11.6 Å². The van der Waals surface area contributed by atoms with Crippen molar-refractivity contribution in [3.63, 3.8) is 0 Å². The number of hydrogen-bond donors (Lipinski definition) is 1. The summed E-state index contributed by atoms with van der Waals surface area (Å²) in [6.45, 7) is 4.34. The fourth-order valence-electron chi connectivity index (χ4n) is 1.55. The van der Waals surface area contributed by atoms with E-state index in [1.165, 1.54) is 29.8 Å². The number of hydrogen-bond acceptors (Lipinski definition) is 1. The standard InChI is InChI=1S/C9H14N2/c1-3-8-6(2)9(11-10-8)7-4-5-7/h7H,3-5H2,1-2H3,(H,10,11). The van der Waals surface area contributed by atoms with E-state index >= 15 is 0 Å². The number of H-pyrrole nitrogens is 1. The molecule has 1 aromatic rings. The van der Waals surface area contributed by atoms with Crippen molar-refractivity contribution in [3.05, 3.63) is 17.0 Å². The first-order valence-electron chi connectivity index (χ1n) is 4.36. The first kappa shape index (κ1) is 6.89. The lowest BCUT2D eigenvalue weighted by atomic mass is 10.1. The molecule has 2 nitrogen and oxygen atoms in total. The Morgan fingerprint density at radius 2 is 2.27 bits per heavy atom. The van der Waals surface area contributed by atoms with Crippen molar-refractivity contribution >= 4 is 0 Å². The van der Waals surface area contributed by atoms with Crippen LogP contribution >= 0.6 is 0 Å². The SMILES string of the molecule is CCc1[nH]nc(C2CC2)c1C. The van der Waals surface area contributed by atoms with Crippen LogP contribution in [0, 0.1) is 6.92 Å². The molecule has 11 heavy (non-hydrogen) atoms. The van der Waals surface area contributed by atoms with Crippen LogP contribution in [0.4, 0.5) is 0 Å². The van der Waals surface area contributed by atoms with E-state index in [1.54, 1.807) is 0 Å². The Morgan fingerprint density at radius 3 is 2.73 bits per heavy atom. The number of aromatic amines is 1. The second-order valence-electron chi connectivity index (χ2n) is 3.34. The van der Waals surface area contributed by atoms with Gasteiger partial charge in [0.05, 0.1) is 5.69 Å². The van der Waals surface area contributed by atoms with E-state index < -0.39 is 0 Å². The third-order valence-corrected chi connectivity index (χ3v) is 2.47. The summed E-state index contributed by atoms with van der Waals surface area (Å²) in [5.41, 5.74) is 4.03. The molecule has 0 atom stereocenters. The molecule has 2 rings (SSSR count). The summed E-state index contributed by atoms with van der Waals surface area (Å²) < 4.78 is 0. The largest absolute Gasteiger partial charge is 0.282 e. The molecule has 0 aliphatic heterocycles. The van der Waals surface area contributed by atoms with Crippen LogP contribution < -0.4 is 0 Å². The number of nitrogens with one attached hydrogen (secondary N) is 1. The predicted octanol–water partition coefficient (Wildman–Crippen LogP) is 2.16. The molecular formula is C9H14N2. The second kappa shape index (κ2) is 2.36. The maximum absolute atomic E-state index is 4.32. The van der Waals surface area contributed by atoms with Crippen molar-refractivity contribution in [2.45, 2.75) is 39.0 Å². The monoisotopic (exact) mass is 150 g/mol. The summed E-state index contributed by atoms with van der Waals surface area (Å²) in [5, 5.41) is 7.42. The van der Waals surface area contributed by atoms with Crippen LogP contribution in [0.15, 0.2) is 0 Å². The average molecular weight is 150 g/mol. The Bertz CT molecular complexity index is 259. The third kappa shape index (κ3) is 1.06. The molecule has 0 spiro atoms. The zero-order valence-corrected chi connectivity index (χ0v) is 7.15. The van der Waals surface area contributed by atoms with Crippen molar-refractivity contribution < 1.29 is 0 Å². The Labute approximate surface area is 67.0 Å². The molecule has 0 bridgehead atoms. The fourth-order valence-corrected chi connectivity index (χ4v) is 1.55. The quantitative estimate of drug-likeness (QED) is 0.687. The molecule has 0 saturated heterocycles. The van der Waals surface area contributed by atoms with Gasteiger partial charge in [-0.2, -0.15) is 5.10 Å². The van der Waals surface area contributed by atoms with Crippen LogP contribution in [-0.2, 0) is 6.42 Å². The number of aromatic nitrogens is 2. The molecule has 1 saturated carbocycles. The highest BCUT2D eigenvalue weighted by molar-refractivity contribution is 5.29. The van der Waals surface area contributed by atoms with E-state index in [0.717, 1.165) is 12.3 Å². The first-order valence-corrected chi connectivity index (χ1v) is 4.36. The molecule has 0 amide bonds. The number of nitrogens with zero attached hydrogens (tertiary/aromatic N) is 1. The highest BCUT2D eigenvalue weighted by Gasteiger charge is 2.28. The van der Waals surface area contributed by atoms with Crippen molar-refractivity contribution in [2.75, 3.05) is 0 Å². The van der Waals surface area contributed by atoms with Gasteiger partial charge in [-0.25, -0.2) is 0 Å². The highest BCUT2D eigenvalue weighted by Crippen LogP contribution is 2.40. The smallest absolute Gasteiger partial charge is 0.0684 e. The molecule has 0 unspecified atom stereocenters. The zero-order valence-electron chi connectivity index (χ0n) is 7.15. The molecule has 60 valence electrons. The molecule has 1 aliphatic carbocycles. The third-order valence-electron chi connectivity index (χ3n) is 2.47. The molecule has 1 aromatic heterocycles. The van der Waals surface area contributed by atoms with Crippen LogP contribution in [0.2, 0.25) is 0 Å². The Balaban J connectivity index is 2.33. The lowest BCUT2D eigenvalue weighted by Crippen LogP contribution is -1.84. The van der Waals surface area contributed by atoms with E-state index in [1.807, 2.05) is 0 Å². The second-order valence-corrected chi connectivity index (χ2v) is 3.34. The van der Waals surface area contributed by atoms with Crippen molar-refractivity contribution in [2.24, 2.45) is 0 Å². The van der Waals surface area contributed by atoms with Gasteiger partial charge in [-0.15, -0.1) is 0 Å². The van der Waals surface area contributed by atoms with Crippen LogP contribution in [0.25, 0.3) is 0 Å². The summed E-state index contributed by atoms with van der Waals surface area (Å²) in [7, 11) is 0. The summed E-state index contributed by atoms with van der Waals surface area (Å²) in [4.78, 5) is 0. The number of rotatable bonds is 2. The van der Waals surface area contributed by atoms with Crippen LogP contribution in [0.3, 0.4) is 0 Å². The minimum absolute atomic E-state index is 0.784. The summed E-state index contributed by atoms with van der Waals surface area (Å²) in [6, 6.07) is 0. The van der Waals surface area contributed by atoms with Gasteiger partial charge in [0.2, 0.25) is 0 Å². The molecule has 1 heterocycles. The maximum atomic E-state index is 4.32. The molecule has 2 heteroatoms. The Hall–Kier alpha value is -0.790. The van der Waals surface area contributed by atoms with E-state index in [9.17, 15) is 0 Å². The first-order chi connectivity index (χ1) is 5.33. The predicted molar refractivity (Wildman–Crippen MR) is 44.7 cm³/mol. The van der Waals surface area contributed by atoms with Crippen molar-refractivity contribution in [1.29, 1.82) is 0 Å². The van der Waals surface area contributed by atoms with Gasteiger partial charge in [0.1, 0.15) is 0 Å². The average Bonchev–Trinajstić information content (AvgIpc) is 2.77. The summed E-state index contributed by atoms with van der Waals surface area (Å²) >= 11 is 0. The van der Waals surface area contributed by atoms with Crippen molar-refractivity contribution in [3.8, 4) is 0 Å². The lowest BCUT2D eigenvalue weighted by molar-refractivity contribution is 0.931. The topological polar surface area (TPSA) is 28.7 Å². The summed E-state index contributed by atoms with van der Waals surface area (Å²) in [6.07, 6.45) is 3.76. The normalized spacial score (nSPS) is 17.3. The molecule has 1 N–H and O–H groups in total. The fraction of sp³-hybridized carbons (Fsp3) is 0.667. The molecule has 0 aromatic carbocycles. The van der Waals surface area contributed by atoms with Crippen LogP contribution in [-0.4, -0.2) is 10.2 Å². The van der Waals surface area contributed by atoms with E-state index in [0.29, 0.717) is 0 Å². The van der Waals surface area contributed by atoms with Gasteiger partial charge in [-0.05, 0) is 31.7 Å². The molecule has 1 aliphatic rings. The Morgan fingerprint density at radius 1 is 1.55 bits per heavy atom. The highest BCUT2D eigenvalue weighted by atomic mass is 15.1. The molecule has 0 radical (unpaired) electrons. The summed E-state index contributed by atoms with van der Waals surface area (Å²) in [5.74, 6) is 0.784. The van der Waals surface area contributed by atoms with E-state index in [-0.39, 0.29) is 0 Å². The van der Waals surface area contributed by atoms with Gasteiger partial charge in [0.15, 0.2) is 0 Å². The van der Waals surface area contributed by atoms with Gasteiger partial charge in [-0.3, -0.25) is 5.10 Å². The van der Waals surface area contributed by atoms with Gasteiger partial charge >= 0.3 is 0 Å². The van der Waals surface area contributed by atoms with E-state index in [2.05, 4.69) is 24.0 Å². The molecule has 1 fully saturated rings. The molecular weight excluding hydrogens is 136 g/mol. The van der Waals surface area contributed by atoms with Crippen LogP contribution in [0.1, 0.15) is 42.6 Å². The maximum Gasteiger partial charge on any atom is 0.0684 e. The number of aryl methyl sites for hydroxylation is 1. The van der Waals surface area contributed by atoms with E-state index in [4.69, 9.17) is 0 Å². The minimum Gasteiger partial charge on any atom is -0.282 e. The Kier molecular flexibility index (Phi) is 1.48. The van der Waals surface area contributed by atoms with Gasteiger partial charge < -0.3 is 0 Å². The van der Waals surface area contributed by atoms with Gasteiger partial charge in [0.25, 0.3) is 0 Å². The zero-order chi connectivity index (χ0) is 7.84. The van der Waals surface area contributed by atoms with Gasteiger partial charge in [-0.1, -0.05) is 6.92 Å². The lowest BCUT2D eigenvalue weighted by Gasteiger charge is -1.93. The van der Waals surface area contributed by atoms with Crippen LogP contribution in [0.5, 0.6) is 0 Å².